The van der Waals surface area contributed by atoms with E-state index in [-0.39, 0.29) is 16.9 Å². The van der Waals surface area contributed by atoms with Crippen molar-refractivity contribution in [1.82, 2.24) is 5.32 Å². The van der Waals surface area contributed by atoms with Crippen LogP contribution >= 0.6 is 27.5 Å². The molecule has 2 rings (SSSR count). The van der Waals surface area contributed by atoms with Crippen molar-refractivity contribution in [2.45, 2.75) is 18.9 Å². The molecular formula is C16H16BrClFN. The van der Waals surface area contributed by atoms with Crippen molar-refractivity contribution in [2.24, 2.45) is 0 Å². The first-order valence-electron chi connectivity index (χ1n) is 6.44. The summed E-state index contributed by atoms with van der Waals surface area (Å²) in [5.41, 5.74) is 2.07. The zero-order chi connectivity index (χ0) is 14.5. The van der Waals surface area contributed by atoms with Gasteiger partial charge in [0.1, 0.15) is 5.82 Å². The monoisotopic (exact) mass is 355 g/mol. The molecule has 0 radical (unpaired) electrons. The number of benzene rings is 2. The van der Waals surface area contributed by atoms with E-state index >= 15 is 0 Å². The average Bonchev–Trinajstić information content (AvgIpc) is 2.45. The lowest BCUT2D eigenvalue weighted by Crippen LogP contribution is -2.30. The summed E-state index contributed by atoms with van der Waals surface area (Å²) in [7, 11) is 1.91. The van der Waals surface area contributed by atoms with Gasteiger partial charge in [-0.05, 0) is 49.2 Å². The molecule has 1 unspecified atom stereocenters. The molecule has 1 atom stereocenters. The summed E-state index contributed by atoms with van der Waals surface area (Å²) in [6.07, 6.45) is 1.57. The van der Waals surface area contributed by atoms with Crippen molar-refractivity contribution in [2.75, 3.05) is 7.05 Å². The highest BCUT2D eigenvalue weighted by Gasteiger charge is 2.12. The Balaban J connectivity index is 2.09. The van der Waals surface area contributed by atoms with Crippen LogP contribution in [0.25, 0.3) is 0 Å². The SMILES string of the molecule is CNC(Cc1ccc(Br)cc1)Cc1cccc(F)c1Cl. The molecule has 0 spiro atoms. The predicted octanol–water partition coefficient (Wildman–Crippen LogP) is 4.61. The third-order valence-electron chi connectivity index (χ3n) is 3.30. The van der Waals surface area contributed by atoms with Crippen LogP contribution < -0.4 is 5.32 Å². The Labute approximate surface area is 132 Å². The molecule has 0 aliphatic carbocycles. The molecular weight excluding hydrogens is 341 g/mol. The van der Waals surface area contributed by atoms with Gasteiger partial charge in [0.2, 0.25) is 0 Å². The fourth-order valence-electron chi connectivity index (χ4n) is 2.15. The Morgan fingerprint density at radius 2 is 1.85 bits per heavy atom. The maximum absolute atomic E-state index is 13.4. The van der Waals surface area contributed by atoms with Gasteiger partial charge < -0.3 is 5.32 Å². The number of hydrogen-bond acceptors (Lipinski definition) is 1. The topological polar surface area (TPSA) is 12.0 Å². The molecule has 2 aromatic carbocycles. The lowest BCUT2D eigenvalue weighted by atomic mass is 9.99. The van der Waals surface area contributed by atoms with Crippen molar-refractivity contribution in [3.63, 3.8) is 0 Å². The van der Waals surface area contributed by atoms with Gasteiger partial charge in [-0.3, -0.25) is 0 Å². The minimum Gasteiger partial charge on any atom is -0.316 e. The lowest BCUT2D eigenvalue weighted by molar-refractivity contribution is 0.553. The van der Waals surface area contributed by atoms with Crippen LogP contribution in [0.15, 0.2) is 46.9 Å². The number of likely N-dealkylation sites (N-methyl/N-ethyl adjacent to an activating group) is 1. The quantitative estimate of drug-likeness (QED) is 0.824. The van der Waals surface area contributed by atoms with Crippen LogP contribution in [0.3, 0.4) is 0 Å². The molecule has 2 aromatic rings. The van der Waals surface area contributed by atoms with Gasteiger partial charge in [-0.2, -0.15) is 0 Å². The van der Waals surface area contributed by atoms with Gasteiger partial charge in [0, 0.05) is 10.5 Å². The Kier molecular flexibility index (Phi) is 5.58. The van der Waals surface area contributed by atoms with E-state index in [0.29, 0.717) is 6.42 Å². The normalized spacial score (nSPS) is 12.4. The van der Waals surface area contributed by atoms with Crippen molar-refractivity contribution in [3.8, 4) is 0 Å². The first-order chi connectivity index (χ1) is 9.60. The van der Waals surface area contributed by atoms with Crippen molar-refractivity contribution >= 4 is 27.5 Å². The Morgan fingerprint density at radius 1 is 1.15 bits per heavy atom. The van der Waals surface area contributed by atoms with Gasteiger partial charge in [0.05, 0.1) is 5.02 Å². The number of hydrogen-bond donors (Lipinski definition) is 1. The molecule has 0 aromatic heterocycles. The first kappa shape index (κ1) is 15.5. The molecule has 0 fully saturated rings. The first-order valence-corrected chi connectivity index (χ1v) is 7.62. The minimum atomic E-state index is -0.359. The second kappa shape index (κ2) is 7.21. The number of rotatable bonds is 5. The van der Waals surface area contributed by atoms with E-state index in [1.54, 1.807) is 6.07 Å². The zero-order valence-corrected chi connectivity index (χ0v) is 13.5. The molecule has 20 heavy (non-hydrogen) atoms. The lowest BCUT2D eigenvalue weighted by Gasteiger charge is -2.17. The maximum atomic E-state index is 13.4. The Hall–Kier alpha value is -0.900. The maximum Gasteiger partial charge on any atom is 0.142 e. The Morgan fingerprint density at radius 3 is 2.50 bits per heavy atom. The molecule has 0 saturated heterocycles. The van der Waals surface area contributed by atoms with Gasteiger partial charge in [0.15, 0.2) is 0 Å². The fourth-order valence-corrected chi connectivity index (χ4v) is 2.62. The molecule has 0 heterocycles. The van der Waals surface area contributed by atoms with Crippen LogP contribution in [0.5, 0.6) is 0 Å². The molecule has 0 aliphatic heterocycles. The van der Waals surface area contributed by atoms with Crippen LogP contribution in [0.4, 0.5) is 4.39 Å². The third-order valence-corrected chi connectivity index (χ3v) is 4.25. The van der Waals surface area contributed by atoms with E-state index in [9.17, 15) is 4.39 Å². The molecule has 0 saturated carbocycles. The van der Waals surface area contributed by atoms with E-state index in [2.05, 4.69) is 33.4 Å². The summed E-state index contributed by atoms with van der Waals surface area (Å²) in [5.74, 6) is -0.359. The summed E-state index contributed by atoms with van der Waals surface area (Å²) in [5, 5.41) is 3.49. The van der Waals surface area contributed by atoms with E-state index < -0.39 is 0 Å². The summed E-state index contributed by atoms with van der Waals surface area (Å²) < 4.78 is 14.5. The minimum absolute atomic E-state index is 0.218. The highest BCUT2D eigenvalue weighted by molar-refractivity contribution is 9.10. The molecule has 1 nitrogen and oxygen atoms in total. The summed E-state index contributed by atoms with van der Waals surface area (Å²) in [6.45, 7) is 0. The second-order valence-corrected chi connectivity index (χ2v) is 6.03. The molecule has 0 bridgehead atoms. The van der Waals surface area contributed by atoms with E-state index in [4.69, 9.17) is 11.6 Å². The number of nitrogens with one attached hydrogen (secondary N) is 1. The van der Waals surface area contributed by atoms with Gasteiger partial charge in [-0.25, -0.2) is 4.39 Å². The predicted molar refractivity (Wildman–Crippen MR) is 85.8 cm³/mol. The van der Waals surface area contributed by atoms with Gasteiger partial charge in [-0.1, -0.05) is 51.8 Å². The standard InChI is InChI=1S/C16H16BrClFN/c1-20-14(9-11-5-7-13(17)8-6-11)10-12-3-2-4-15(19)16(12)18/h2-8,14,20H,9-10H2,1H3. The molecule has 0 aliphatic rings. The second-order valence-electron chi connectivity index (χ2n) is 4.73. The van der Waals surface area contributed by atoms with Crippen molar-refractivity contribution in [3.05, 3.63) is 68.9 Å². The van der Waals surface area contributed by atoms with Crippen LogP contribution in [0.1, 0.15) is 11.1 Å². The van der Waals surface area contributed by atoms with E-state index in [1.165, 1.54) is 11.6 Å². The van der Waals surface area contributed by atoms with E-state index in [1.807, 2.05) is 25.2 Å². The summed E-state index contributed by atoms with van der Waals surface area (Å²) in [6, 6.07) is 13.4. The number of halogens is 3. The Bertz CT molecular complexity index is 571. The summed E-state index contributed by atoms with van der Waals surface area (Å²) in [4.78, 5) is 0. The molecule has 1 N–H and O–H groups in total. The highest BCUT2D eigenvalue weighted by Crippen LogP contribution is 2.22. The van der Waals surface area contributed by atoms with Crippen molar-refractivity contribution in [1.29, 1.82) is 0 Å². The van der Waals surface area contributed by atoms with Crippen molar-refractivity contribution < 1.29 is 4.39 Å². The van der Waals surface area contributed by atoms with Gasteiger partial charge in [-0.15, -0.1) is 0 Å². The van der Waals surface area contributed by atoms with E-state index in [0.717, 1.165) is 16.5 Å². The zero-order valence-electron chi connectivity index (χ0n) is 11.2. The van der Waals surface area contributed by atoms with Crippen LogP contribution in [0, 0.1) is 5.82 Å². The van der Waals surface area contributed by atoms with Gasteiger partial charge in [0.25, 0.3) is 0 Å². The van der Waals surface area contributed by atoms with Gasteiger partial charge >= 0.3 is 0 Å². The third kappa shape index (κ3) is 4.05. The molecule has 106 valence electrons. The fraction of sp³-hybridized carbons (Fsp3) is 0.250. The van der Waals surface area contributed by atoms with Crippen LogP contribution in [-0.2, 0) is 12.8 Å². The van der Waals surface area contributed by atoms with Crippen LogP contribution in [0.2, 0.25) is 5.02 Å². The largest absolute Gasteiger partial charge is 0.316 e. The molecule has 0 amide bonds. The molecule has 4 heteroatoms. The highest BCUT2D eigenvalue weighted by atomic mass is 79.9. The van der Waals surface area contributed by atoms with Crippen LogP contribution in [-0.4, -0.2) is 13.1 Å². The summed E-state index contributed by atoms with van der Waals surface area (Å²) >= 11 is 9.43. The smallest absolute Gasteiger partial charge is 0.142 e. The average molecular weight is 357 g/mol.